The highest BCUT2D eigenvalue weighted by Crippen LogP contribution is 2.39. The van der Waals surface area contributed by atoms with Crippen LogP contribution in [0.4, 0.5) is 5.69 Å². The summed E-state index contributed by atoms with van der Waals surface area (Å²) in [5.74, 6) is -0.893. The third kappa shape index (κ3) is 4.05. The maximum atomic E-state index is 13.6. The van der Waals surface area contributed by atoms with Crippen LogP contribution in [0.15, 0.2) is 75.9 Å². The number of benzene rings is 2. The summed E-state index contributed by atoms with van der Waals surface area (Å²) in [5.41, 5.74) is 5.29. The van der Waals surface area contributed by atoms with Crippen LogP contribution in [-0.4, -0.2) is 23.6 Å². The first kappa shape index (κ1) is 23.1. The number of methoxy groups -OCH3 is 1. The van der Waals surface area contributed by atoms with E-state index in [4.69, 9.17) is 16.3 Å². The fourth-order valence-corrected chi connectivity index (χ4v) is 4.81. The summed E-state index contributed by atoms with van der Waals surface area (Å²) in [4.78, 5) is 27.7. The summed E-state index contributed by atoms with van der Waals surface area (Å²) in [6.07, 6.45) is 1.76. The predicted octanol–water partition coefficient (Wildman–Crippen LogP) is 6.39. The van der Waals surface area contributed by atoms with Crippen LogP contribution in [0, 0.1) is 13.8 Å². The molecule has 0 N–H and O–H groups in total. The minimum Gasteiger partial charge on any atom is -0.465 e. The Balaban J connectivity index is 1.87. The summed E-state index contributed by atoms with van der Waals surface area (Å²) in [6, 6.07) is 17.0. The van der Waals surface area contributed by atoms with Gasteiger partial charge in [0.2, 0.25) is 0 Å². The van der Waals surface area contributed by atoms with Gasteiger partial charge in [-0.25, -0.2) is 4.79 Å². The highest BCUT2D eigenvalue weighted by molar-refractivity contribution is 9.10. The van der Waals surface area contributed by atoms with Crippen LogP contribution >= 0.6 is 27.5 Å². The van der Waals surface area contributed by atoms with Gasteiger partial charge >= 0.3 is 5.97 Å². The van der Waals surface area contributed by atoms with E-state index < -0.39 is 5.97 Å². The van der Waals surface area contributed by atoms with E-state index in [1.165, 1.54) is 12.0 Å². The predicted molar refractivity (Wildman–Crippen MR) is 135 cm³/mol. The maximum Gasteiger partial charge on any atom is 0.340 e. The first-order chi connectivity index (χ1) is 15.7. The van der Waals surface area contributed by atoms with E-state index in [2.05, 4.69) is 20.5 Å². The van der Waals surface area contributed by atoms with Gasteiger partial charge in [0.15, 0.2) is 0 Å². The molecular formula is C26H22BrClN2O3. The Hall–Kier alpha value is -3.09. The lowest BCUT2D eigenvalue weighted by molar-refractivity contribution is -0.136. The van der Waals surface area contributed by atoms with Gasteiger partial charge in [-0.05, 0) is 68.8 Å². The van der Waals surface area contributed by atoms with E-state index in [0.717, 1.165) is 27.1 Å². The lowest BCUT2D eigenvalue weighted by Crippen LogP contribution is -2.24. The number of aromatic nitrogens is 1. The average Bonchev–Trinajstić information content (AvgIpc) is 3.20. The molecule has 0 saturated heterocycles. The van der Waals surface area contributed by atoms with Gasteiger partial charge in [0, 0.05) is 27.2 Å². The molecule has 5 nitrogen and oxygen atoms in total. The van der Waals surface area contributed by atoms with Crippen LogP contribution in [0.3, 0.4) is 0 Å². The number of esters is 1. The Morgan fingerprint density at radius 1 is 1.06 bits per heavy atom. The number of allylic oxidation sites excluding steroid dienone is 1. The van der Waals surface area contributed by atoms with Gasteiger partial charge in [0.05, 0.1) is 29.0 Å². The molecule has 1 aliphatic rings. The van der Waals surface area contributed by atoms with Crippen molar-refractivity contribution in [1.29, 1.82) is 0 Å². The summed E-state index contributed by atoms with van der Waals surface area (Å²) in [5, 5.41) is 0.420. The highest BCUT2D eigenvalue weighted by Gasteiger charge is 2.38. The molecule has 0 atom stereocenters. The van der Waals surface area contributed by atoms with Gasteiger partial charge in [-0.2, -0.15) is 0 Å². The van der Waals surface area contributed by atoms with E-state index in [-0.39, 0.29) is 17.1 Å². The lowest BCUT2D eigenvalue weighted by Gasteiger charge is -2.19. The van der Waals surface area contributed by atoms with E-state index in [1.807, 2.05) is 44.2 Å². The fraction of sp³-hybridized carbons (Fsp3) is 0.154. The fourth-order valence-electron chi connectivity index (χ4n) is 4.20. The second kappa shape index (κ2) is 9.04. The zero-order valence-corrected chi connectivity index (χ0v) is 21.0. The van der Waals surface area contributed by atoms with Crippen molar-refractivity contribution in [2.45, 2.75) is 20.8 Å². The lowest BCUT2D eigenvalue weighted by atomic mass is 10.0. The van der Waals surface area contributed by atoms with E-state index in [9.17, 15) is 9.59 Å². The van der Waals surface area contributed by atoms with Crippen molar-refractivity contribution in [2.24, 2.45) is 0 Å². The number of aryl methyl sites for hydroxylation is 1. The smallest absolute Gasteiger partial charge is 0.340 e. The third-order valence-corrected chi connectivity index (χ3v) is 6.53. The molecule has 7 heteroatoms. The van der Waals surface area contributed by atoms with Crippen LogP contribution in [0.1, 0.15) is 23.9 Å². The Bertz CT molecular complexity index is 1350. The van der Waals surface area contributed by atoms with E-state index >= 15 is 0 Å². The molecule has 0 fully saturated rings. The molecule has 0 spiro atoms. The number of hydrogen-bond donors (Lipinski definition) is 0. The molecule has 1 aliphatic heterocycles. The van der Waals surface area contributed by atoms with Gasteiger partial charge < -0.3 is 9.30 Å². The quantitative estimate of drug-likeness (QED) is 0.293. The van der Waals surface area contributed by atoms with Gasteiger partial charge in [0.1, 0.15) is 0 Å². The van der Waals surface area contributed by atoms with Crippen LogP contribution < -0.4 is 4.90 Å². The second-order valence-electron chi connectivity index (χ2n) is 7.74. The Morgan fingerprint density at radius 2 is 1.79 bits per heavy atom. The Labute approximate surface area is 206 Å². The summed E-state index contributed by atoms with van der Waals surface area (Å²) in [6.45, 7) is 5.71. The highest BCUT2D eigenvalue weighted by atomic mass is 79.9. The van der Waals surface area contributed by atoms with E-state index in [0.29, 0.717) is 16.4 Å². The number of carbonyl (C=O) groups excluding carboxylic acids is 2. The molecule has 2 heterocycles. The van der Waals surface area contributed by atoms with Crippen molar-refractivity contribution in [3.63, 3.8) is 0 Å². The maximum absolute atomic E-state index is 13.6. The molecule has 1 aromatic heterocycles. The molecule has 0 unspecified atom stereocenters. The standard InChI is InChI=1S/C26H22BrClN2O3/c1-15-12-18(16(2)29(15)20-9-7-8-19(27)14-20)13-21-24(26(32)33-4)17(3)30(25(21)31)23-11-6-5-10-22(23)28/h5-14H,1-4H3/b21-13-. The number of halogens is 2. The monoisotopic (exact) mass is 524 g/mol. The molecule has 33 heavy (non-hydrogen) atoms. The Morgan fingerprint density at radius 3 is 2.45 bits per heavy atom. The number of para-hydroxylation sites is 1. The number of amides is 1. The van der Waals surface area contributed by atoms with Gasteiger partial charge in [-0.15, -0.1) is 0 Å². The van der Waals surface area contributed by atoms with Crippen molar-refractivity contribution in [3.05, 3.63) is 97.9 Å². The Kier molecular flexibility index (Phi) is 6.32. The molecule has 4 rings (SSSR count). The number of hydrogen-bond acceptors (Lipinski definition) is 3. The normalized spacial score (nSPS) is 15.0. The molecule has 0 aliphatic carbocycles. The van der Waals surface area contributed by atoms with Crippen molar-refractivity contribution in [3.8, 4) is 5.69 Å². The number of anilines is 1. The zero-order chi connectivity index (χ0) is 23.9. The van der Waals surface area contributed by atoms with Crippen molar-refractivity contribution in [2.75, 3.05) is 12.0 Å². The first-order valence-electron chi connectivity index (χ1n) is 10.3. The number of ether oxygens (including phenoxy) is 1. The molecule has 168 valence electrons. The number of rotatable bonds is 4. The van der Waals surface area contributed by atoms with Crippen molar-refractivity contribution >= 4 is 51.2 Å². The SMILES string of the molecule is COC(=O)C1=C(C)N(c2ccccc2Cl)C(=O)/C1=C\c1cc(C)n(-c2cccc(Br)c2)c1C. The van der Waals surface area contributed by atoms with Crippen LogP contribution in [-0.2, 0) is 14.3 Å². The number of carbonyl (C=O) groups is 2. The molecule has 0 saturated carbocycles. The van der Waals surface area contributed by atoms with Crippen LogP contribution in [0.25, 0.3) is 11.8 Å². The minimum absolute atomic E-state index is 0.231. The largest absolute Gasteiger partial charge is 0.465 e. The second-order valence-corrected chi connectivity index (χ2v) is 9.07. The number of nitrogens with zero attached hydrogens (tertiary/aromatic N) is 2. The van der Waals surface area contributed by atoms with Gasteiger partial charge in [0.25, 0.3) is 5.91 Å². The van der Waals surface area contributed by atoms with Crippen molar-refractivity contribution in [1.82, 2.24) is 4.57 Å². The summed E-state index contributed by atoms with van der Waals surface area (Å²) in [7, 11) is 1.31. The van der Waals surface area contributed by atoms with Crippen LogP contribution in [0.2, 0.25) is 5.02 Å². The third-order valence-electron chi connectivity index (χ3n) is 5.72. The molecule has 3 aromatic rings. The summed E-state index contributed by atoms with van der Waals surface area (Å²) >= 11 is 9.90. The molecule has 0 radical (unpaired) electrons. The molecule has 0 bridgehead atoms. The van der Waals surface area contributed by atoms with Gasteiger partial charge in [-0.3, -0.25) is 9.69 Å². The van der Waals surface area contributed by atoms with Crippen LogP contribution in [0.5, 0.6) is 0 Å². The average molecular weight is 526 g/mol. The van der Waals surface area contributed by atoms with Crippen molar-refractivity contribution < 1.29 is 14.3 Å². The molecular weight excluding hydrogens is 504 g/mol. The van der Waals surface area contributed by atoms with Gasteiger partial charge in [-0.1, -0.05) is 45.7 Å². The molecule has 1 amide bonds. The topological polar surface area (TPSA) is 51.5 Å². The van der Waals surface area contributed by atoms with E-state index in [1.54, 1.807) is 37.3 Å². The zero-order valence-electron chi connectivity index (χ0n) is 18.6. The molecule has 2 aromatic carbocycles. The summed E-state index contributed by atoms with van der Waals surface area (Å²) < 4.78 is 8.10. The first-order valence-corrected chi connectivity index (χ1v) is 11.5. The minimum atomic E-state index is -0.567.